The van der Waals surface area contributed by atoms with E-state index in [0.29, 0.717) is 18.6 Å². The third-order valence-electron chi connectivity index (χ3n) is 6.06. The summed E-state index contributed by atoms with van der Waals surface area (Å²) in [7, 11) is 0. The van der Waals surface area contributed by atoms with Crippen LogP contribution in [0.4, 0.5) is 0 Å². The molecular formula is C20H26N2O2. The number of rotatable bonds is 5. The minimum absolute atomic E-state index is 0.158. The molecule has 0 radical (unpaired) electrons. The average molecular weight is 326 g/mol. The molecule has 4 nitrogen and oxygen atoms in total. The van der Waals surface area contributed by atoms with Crippen LogP contribution in [-0.4, -0.2) is 48.4 Å². The van der Waals surface area contributed by atoms with Gasteiger partial charge in [0, 0.05) is 26.2 Å². The SMILES string of the molecule is C=CCOc1ccc(C2N3CC4(C)CN2CC(CC)(C3)C4=O)cc1. The summed E-state index contributed by atoms with van der Waals surface area (Å²) in [5, 5.41) is 0. The van der Waals surface area contributed by atoms with Crippen LogP contribution in [0.25, 0.3) is 0 Å². The van der Waals surface area contributed by atoms with E-state index in [1.54, 1.807) is 6.08 Å². The van der Waals surface area contributed by atoms with Gasteiger partial charge in [-0.3, -0.25) is 14.6 Å². The molecule has 4 heterocycles. The molecule has 4 saturated heterocycles. The van der Waals surface area contributed by atoms with Crippen LogP contribution in [0.2, 0.25) is 0 Å². The number of carbonyl (C=O) groups is 1. The highest BCUT2D eigenvalue weighted by molar-refractivity contribution is 5.93. The van der Waals surface area contributed by atoms with Crippen molar-refractivity contribution in [2.45, 2.75) is 26.4 Å². The molecule has 4 fully saturated rings. The zero-order chi connectivity index (χ0) is 16.9. The first-order valence-corrected chi connectivity index (χ1v) is 8.88. The number of Topliss-reactive ketones (excluding diaryl/α,β-unsaturated/α-hetero) is 1. The van der Waals surface area contributed by atoms with Crippen LogP contribution < -0.4 is 4.74 Å². The maximum atomic E-state index is 13.0. The Hall–Kier alpha value is -1.65. The number of nitrogens with zero attached hydrogens (tertiary/aromatic N) is 2. The van der Waals surface area contributed by atoms with Crippen LogP contribution in [-0.2, 0) is 4.79 Å². The van der Waals surface area contributed by atoms with Crippen LogP contribution >= 0.6 is 0 Å². The van der Waals surface area contributed by atoms with Crippen molar-refractivity contribution >= 4 is 5.78 Å². The average Bonchev–Trinajstić information content (AvgIpc) is 2.57. The number of carbonyl (C=O) groups excluding carboxylic acids is 1. The maximum absolute atomic E-state index is 13.0. The van der Waals surface area contributed by atoms with Crippen molar-refractivity contribution in [1.82, 2.24) is 9.80 Å². The predicted molar refractivity (Wildman–Crippen MR) is 93.9 cm³/mol. The molecule has 4 bridgehead atoms. The predicted octanol–water partition coefficient (Wildman–Crippen LogP) is 2.87. The Morgan fingerprint density at radius 2 is 1.83 bits per heavy atom. The Balaban J connectivity index is 1.61. The van der Waals surface area contributed by atoms with E-state index in [1.165, 1.54) is 5.56 Å². The van der Waals surface area contributed by atoms with E-state index in [0.717, 1.165) is 38.3 Å². The monoisotopic (exact) mass is 326 g/mol. The van der Waals surface area contributed by atoms with Crippen LogP contribution in [0.15, 0.2) is 36.9 Å². The van der Waals surface area contributed by atoms with Gasteiger partial charge in [0.25, 0.3) is 0 Å². The van der Waals surface area contributed by atoms with E-state index < -0.39 is 0 Å². The molecule has 0 aliphatic carbocycles. The fraction of sp³-hybridized carbons (Fsp3) is 0.550. The van der Waals surface area contributed by atoms with Crippen LogP contribution in [0.3, 0.4) is 0 Å². The van der Waals surface area contributed by atoms with Gasteiger partial charge in [-0.15, -0.1) is 0 Å². The molecule has 2 atom stereocenters. The number of benzene rings is 1. The minimum Gasteiger partial charge on any atom is -0.490 e. The molecule has 24 heavy (non-hydrogen) atoms. The quantitative estimate of drug-likeness (QED) is 0.779. The molecule has 4 aliphatic heterocycles. The molecule has 0 spiro atoms. The van der Waals surface area contributed by atoms with Crippen molar-refractivity contribution in [3.63, 3.8) is 0 Å². The van der Waals surface area contributed by atoms with E-state index >= 15 is 0 Å². The fourth-order valence-corrected chi connectivity index (χ4v) is 5.09. The van der Waals surface area contributed by atoms with Crippen molar-refractivity contribution in [2.75, 3.05) is 32.8 Å². The molecule has 5 rings (SSSR count). The van der Waals surface area contributed by atoms with Crippen molar-refractivity contribution in [3.8, 4) is 5.75 Å². The lowest BCUT2D eigenvalue weighted by Crippen LogP contribution is -2.75. The van der Waals surface area contributed by atoms with Gasteiger partial charge in [0.15, 0.2) is 0 Å². The largest absolute Gasteiger partial charge is 0.490 e. The lowest BCUT2D eigenvalue weighted by molar-refractivity contribution is -0.200. The minimum atomic E-state index is -0.198. The summed E-state index contributed by atoms with van der Waals surface area (Å²) in [5.41, 5.74) is 0.937. The summed E-state index contributed by atoms with van der Waals surface area (Å²) in [5.74, 6) is 1.37. The molecule has 4 aliphatic rings. The first-order chi connectivity index (χ1) is 11.5. The van der Waals surface area contributed by atoms with E-state index in [1.807, 2.05) is 12.1 Å². The highest BCUT2D eigenvalue weighted by atomic mass is 16.5. The third kappa shape index (κ3) is 2.16. The summed E-state index contributed by atoms with van der Waals surface area (Å²) >= 11 is 0. The van der Waals surface area contributed by atoms with E-state index in [2.05, 4.69) is 42.4 Å². The highest BCUT2D eigenvalue weighted by Crippen LogP contribution is 2.53. The highest BCUT2D eigenvalue weighted by Gasteiger charge is 2.63. The lowest BCUT2D eigenvalue weighted by Gasteiger charge is -2.65. The van der Waals surface area contributed by atoms with Gasteiger partial charge >= 0.3 is 0 Å². The molecule has 0 N–H and O–H groups in total. The third-order valence-corrected chi connectivity index (χ3v) is 6.06. The molecular weight excluding hydrogens is 300 g/mol. The van der Waals surface area contributed by atoms with Crippen LogP contribution in [0.1, 0.15) is 32.0 Å². The summed E-state index contributed by atoms with van der Waals surface area (Å²) in [6.45, 7) is 12.1. The van der Waals surface area contributed by atoms with Gasteiger partial charge in [-0.05, 0) is 24.1 Å². The molecule has 1 aromatic rings. The summed E-state index contributed by atoms with van der Waals surface area (Å²) in [6.07, 6.45) is 2.99. The zero-order valence-corrected chi connectivity index (χ0v) is 14.6. The van der Waals surface area contributed by atoms with Gasteiger partial charge in [-0.1, -0.05) is 38.6 Å². The summed E-state index contributed by atoms with van der Waals surface area (Å²) in [4.78, 5) is 18.0. The van der Waals surface area contributed by atoms with E-state index in [4.69, 9.17) is 4.74 Å². The second-order valence-corrected chi connectivity index (χ2v) is 7.88. The molecule has 0 saturated carbocycles. The van der Waals surface area contributed by atoms with E-state index in [9.17, 15) is 4.79 Å². The van der Waals surface area contributed by atoms with Crippen LogP contribution in [0.5, 0.6) is 5.75 Å². The first kappa shape index (κ1) is 15.9. The van der Waals surface area contributed by atoms with Gasteiger partial charge < -0.3 is 4.74 Å². The van der Waals surface area contributed by atoms with Crippen LogP contribution in [0, 0.1) is 10.8 Å². The van der Waals surface area contributed by atoms with Crippen molar-refractivity contribution in [1.29, 1.82) is 0 Å². The second kappa shape index (κ2) is 5.43. The molecule has 0 amide bonds. The van der Waals surface area contributed by atoms with Gasteiger partial charge in [0.1, 0.15) is 18.1 Å². The van der Waals surface area contributed by atoms with Gasteiger partial charge in [0.05, 0.1) is 17.0 Å². The smallest absolute Gasteiger partial charge is 0.150 e. The molecule has 0 aromatic heterocycles. The molecule has 2 unspecified atom stereocenters. The number of ketones is 1. The first-order valence-electron chi connectivity index (χ1n) is 8.88. The molecule has 4 heteroatoms. The number of piperidine rings is 2. The van der Waals surface area contributed by atoms with Gasteiger partial charge in [-0.2, -0.15) is 0 Å². The topological polar surface area (TPSA) is 32.8 Å². The Bertz CT molecular complexity index is 651. The van der Waals surface area contributed by atoms with Crippen molar-refractivity contribution in [3.05, 3.63) is 42.5 Å². The Kier molecular flexibility index (Phi) is 3.59. The fourth-order valence-electron chi connectivity index (χ4n) is 5.09. The summed E-state index contributed by atoms with van der Waals surface area (Å²) < 4.78 is 5.59. The Morgan fingerprint density at radius 3 is 2.38 bits per heavy atom. The van der Waals surface area contributed by atoms with Gasteiger partial charge in [0.2, 0.25) is 0 Å². The second-order valence-electron chi connectivity index (χ2n) is 7.88. The van der Waals surface area contributed by atoms with E-state index in [-0.39, 0.29) is 10.8 Å². The molecule has 1 aromatic carbocycles. The standard InChI is InChI=1S/C20H26N2O2/c1-4-10-24-16-8-6-15(7-9-16)17-21-11-19(3)12-22(17)14-20(5-2,13-21)18(19)23/h4,6-9,17H,1,5,10-14H2,2-3H3. The Morgan fingerprint density at radius 1 is 1.21 bits per heavy atom. The van der Waals surface area contributed by atoms with Gasteiger partial charge in [-0.25, -0.2) is 0 Å². The normalized spacial score (nSPS) is 39.9. The number of hydrogen-bond acceptors (Lipinski definition) is 4. The van der Waals surface area contributed by atoms with Crippen molar-refractivity contribution < 1.29 is 9.53 Å². The number of hydrogen-bond donors (Lipinski definition) is 0. The lowest BCUT2D eigenvalue weighted by atomic mass is 9.60. The summed E-state index contributed by atoms with van der Waals surface area (Å²) in [6, 6.07) is 8.39. The number of ether oxygens (including phenoxy) is 1. The zero-order valence-electron chi connectivity index (χ0n) is 14.6. The van der Waals surface area contributed by atoms with Crippen molar-refractivity contribution in [2.24, 2.45) is 10.8 Å². The Labute approximate surface area is 144 Å². The molecule has 128 valence electrons. The maximum Gasteiger partial charge on any atom is 0.150 e.